The smallest absolute Gasteiger partial charge is 0.337 e. The highest BCUT2D eigenvalue weighted by atomic mass is 32.2. The molecule has 10 nitrogen and oxygen atoms in total. The number of aryl methyl sites for hydroxylation is 1. The Morgan fingerprint density at radius 3 is 2.07 bits per heavy atom. The van der Waals surface area contributed by atoms with Crippen molar-refractivity contribution in [2.45, 2.75) is 31.7 Å². The van der Waals surface area contributed by atoms with E-state index in [1.165, 1.54) is 30.8 Å². The molecule has 0 aliphatic rings. The summed E-state index contributed by atoms with van der Waals surface area (Å²) in [7, 11) is 1.28. The standard InChI is InChI=1S/C31H29N3O7S/c1-5-26-29(36)34(28(19(2)35)27(32-26)21-12-16-25(17-13-21)42(4)40)33(18-20-6-8-22(9-7-20)30(37)38)24-14-10-23(11-15-24)31(39)41-3/h6-17H,5,18H2,1-4H3,(H,37,38). The van der Waals surface area contributed by atoms with Crippen molar-refractivity contribution >= 4 is 34.6 Å². The normalized spacial score (nSPS) is 11.5. The quantitative estimate of drug-likeness (QED) is 0.163. The van der Waals surface area contributed by atoms with E-state index in [2.05, 4.69) is 4.98 Å². The van der Waals surface area contributed by atoms with E-state index in [4.69, 9.17) is 4.74 Å². The second-order valence-corrected chi connectivity index (χ2v) is 10.7. The highest BCUT2D eigenvalue weighted by molar-refractivity contribution is 7.90. The molecule has 4 rings (SSSR count). The molecule has 0 bridgehead atoms. The molecule has 1 atom stereocenters. The van der Waals surface area contributed by atoms with Crippen molar-refractivity contribution in [1.82, 2.24) is 9.66 Å². The van der Waals surface area contributed by atoms with Gasteiger partial charge in [-0.1, -0.05) is 19.1 Å². The maximum Gasteiger partial charge on any atom is 0.337 e. The third kappa shape index (κ3) is 6.27. The molecule has 0 aliphatic carbocycles. The van der Waals surface area contributed by atoms with Crippen LogP contribution in [0.3, 0.4) is 0 Å². The van der Waals surface area contributed by atoms with Gasteiger partial charge in [-0.05, 0) is 83.8 Å². The maximum atomic E-state index is 13.9. The number of benzene rings is 3. The van der Waals surface area contributed by atoms with Crippen molar-refractivity contribution in [3.8, 4) is 11.3 Å². The number of esters is 1. The van der Waals surface area contributed by atoms with E-state index in [1.54, 1.807) is 78.9 Å². The number of hydrogen-bond donors (Lipinski definition) is 1. The van der Waals surface area contributed by atoms with E-state index in [-0.39, 0.29) is 35.6 Å². The third-order valence-electron chi connectivity index (χ3n) is 6.61. The molecule has 0 radical (unpaired) electrons. The number of carbonyl (C=O) groups excluding carboxylic acids is 2. The summed E-state index contributed by atoms with van der Waals surface area (Å²) >= 11 is -1.21. The molecule has 0 spiro atoms. The second kappa shape index (κ2) is 12.8. The van der Waals surface area contributed by atoms with Gasteiger partial charge in [-0.15, -0.1) is 0 Å². The number of anilines is 1. The van der Waals surface area contributed by atoms with E-state index in [1.807, 2.05) is 0 Å². The van der Waals surface area contributed by atoms with Crippen molar-refractivity contribution in [3.63, 3.8) is 0 Å². The van der Waals surface area contributed by atoms with Crippen molar-refractivity contribution in [1.29, 1.82) is 0 Å². The first-order chi connectivity index (χ1) is 20.0. The van der Waals surface area contributed by atoms with E-state index < -0.39 is 34.5 Å². The monoisotopic (exact) mass is 587 g/mol. The summed E-state index contributed by atoms with van der Waals surface area (Å²) in [4.78, 5) is 55.9. The molecule has 42 heavy (non-hydrogen) atoms. The minimum Gasteiger partial charge on any atom is -0.612 e. The van der Waals surface area contributed by atoms with E-state index >= 15 is 0 Å². The number of carboxylic acids is 1. The number of Topliss-reactive ketones (excluding diaryl/α,β-unsaturated/α-hetero) is 1. The van der Waals surface area contributed by atoms with Gasteiger partial charge in [0.15, 0.2) is 10.7 Å². The van der Waals surface area contributed by atoms with Crippen LogP contribution >= 0.6 is 0 Å². The lowest BCUT2D eigenvalue weighted by atomic mass is 10.1. The van der Waals surface area contributed by atoms with Crippen molar-refractivity contribution < 1.29 is 28.8 Å². The molecule has 11 heteroatoms. The minimum absolute atomic E-state index is 0.0294. The van der Waals surface area contributed by atoms with Gasteiger partial charge in [0.1, 0.15) is 23.3 Å². The lowest BCUT2D eigenvalue weighted by Crippen LogP contribution is -2.43. The predicted octanol–water partition coefficient (Wildman–Crippen LogP) is 4.37. The topological polar surface area (TPSA) is 142 Å². The average molecular weight is 588 g/mol. The predicted molar refractivity (Wildman–Crippen MR) is 158 cm³/mol. The molecule has 0 saturated heterocycles. The Kier molecular flexibility index (Phi) is 9.24. The fraction of sp³-hybridized carbons (Fsp3) is 0.194. The Bertz CT molecular complexity index is 1680. The van der Waals surface area contributed by atoms with Gasteiger partial charge in [-0.25, -0.2) is 19.2 Å². The van der Waals surface area contributed by atoms with Crippen LogP contribution in [0.5, 0.6) is 0 Å². The molecule has 216 valence electrons. The average Bonchev–Trinajstić information content (AvgIpc) is 2.99. The molecule has 0 saturated carbocycles. The summed E-state index contributed by atoms with van der Waals surface area (Å²) in [5, 5.41) is 10.9. The van der Waals surface area contributed by atoms with Crippen LogP contribution in [-0.4, -0.2) is 50.4 Å². The van der Waals surface area contributed by atoms with Crippen LogP contribution in [0.15, 0.2) is 82.5 Å². The fourth-order valence-corrected chi connectivity index (χ4v) is 4.95. The third-order valence-corrected chi connectivity index (χ3v) is 7.55. The van der Waals surface area contributed by atoms with Gasteiger partial charge in [0.05, 0.1) is 30.5 Å². The largest absolute Gasteiger partial charge is 0.612 e. The zero-order valence-corrected chi connectivity index (χ0v) is 24.3. The molecule has 0 aliphatic heterocycles. The first-order valence-electron chi connectivity index (χ1n) is 12.9. The van der Waals surface area contributed by atoms with Crippen molar-refractivity contribution in [2.24, 2.45) is 0 Å². The number of ketones is 1. The highest BCUT2D eigenvalue weighted by Crippen LogP contribution is 2.27. The Morgan fingerprint density at radius 2 is 1.57 bits per heavy atom. The molecule has 1 aromatic heterocycles. The van der Waals surface area contributed by atoms with Gasteiger partial charge in [-0.3, -0.25) is 14.6 Å². The van der Waals surface area contributed by atoms with Gasteiger partial charge in [0.25, 0.3) is 5.56 Å². The molecule has 1 heterocycles. The lowest BCUT2D eigenvalue weighted by Gasteiger charge is -2.30. The molecule has 0 amide bonds. The van der Waals surface area contributed by atoms with Crippen molar-refractivity contribution in [2.75, 3.05) is 18.4 Å². The van der Waals surface area contributed by atoms with Crippen LogP contribution < -0.4 is 10.6 Å². The van der Waals surface area contributed by atoms with Gasteiger partial charge >= 0.3 is 11.9 Å². The number of aromatic nitrogens is 2. The van der Waals surface area contributed by atoms with Crippen LogP contribution in [0, 0.1) is 0 Å². The summed E-state index contributed by atoms with van der Waals surface area (Å²) in [5.41, 5.74) is 2.12. The summed E-state index contributed by atoms with van der Waals surface area (Å²) in [6, 6.07) is 19.3. The van der Waals surface area contributed by atoms with Crippen LogP contribution in [0.2, 0.25) is 0 Å². The lowest BCUT2D eigenvalue weighted by molar-refractivity contribution is 0.0599. The summed E-state index contributed by atoms with van der Waals surface area (Å²) in [5.74, 6) is -2.02. The van der Waals surface area contributed by atoms with Crippen LogP contribution in [0.4, 0.5) is 5.69 Å². The number of carboxylic acid groups (broad SMARTS) is 1. The molecule has 1 unspecified atom stereocenters. The summed E-state index contributed by atoms with van der Waals surface area (Å²) in [6.07, 6.45) is 1.85. The molecular weight excluding hydrogens is 558 g/mol. The molecule has 0 fully saturated rings. The zero-order valence-electron chi connectivity index (χ0n) is 23.5. The van der Waals surface area contributed by atoms with Gasteiger partial charge < -0.3 is 14.4 Å². The van der Waals surface area contributed by atoms with Crippen molar-refractivity contribution in [3.05, 3.63) is 111 Å². The SMILES string of the molecule is CCc1nc(-c2ccc([S+](C)[O-])cc2)c(C(C)=O)n(N(Cc2ccc(C(=O)O)cc2)c2ccc(C(=O)OC)cc2)c1=O. The van der Waals surface area contributed by atoms with Crippen LogP contribution in [0.25, 0.3) is 11.3 Å². The summed E-state index contributed by atoms with van der Waals surface area (Å²) < 4.78 is 18.1. The number of methoxy groups -OCH3 is 1. The minimum atomic E-state index is -1.21. The Morgan fingerprint density at radius 1 is 0.976 bits per heavy atom. The number of aromatic carboxylic acids is 1. The molecule has 4 aromatic rings. The van der Waals surface area contributed by atoms with E-state index in [0.29, 0.717) is 27.3 Å². The molecule has 1 N–H and O–H groups in total. The maximum absolute atomic E-state index is 13.9. The Balaban J connectivity index is 1.98. The number of ether oxygens (including phenoxy) is 1. The molecule has 3 aromatic carbocycles. The van der Waals surface area contributed by atoms with Crippen LogP contribution in [0.1, 0.15) is 56.3 Å². The Hall–Kier alpha value is -4.74. The van der Waals surface area contributed by atoms with Crippen LogP contribution in [-0.2, 0) is 28.9 Å². The van der Waals surface area contributed by atoms with Gasteiger partial charge in [-0.2, -0.15) is 0 Å². The Labute approximate surface area is 245 Å². The highest BCUT2D eigenvalue weighted by Gasteiger charge is 2.26. The zero-order chi connectivity index (χ0) is 30.6. The molecular formula is C31H29N3O7S. The van der Waals surface area contributed by atoms with Gasteiger partial charge in [0, 0.05) is 12.5 Å². The first-order valence-corrected chi connectivity index (χ1v) is 14.5. The van der Waals surface area contributed by atoms with E-state index in [0.717, 1.165) is 0 Å². The first kappa shape index (κ1) is 30.2. The number of carbonyl (C=O) groups is 3. The summed E-state index contributed by atoms with van der Waals surface area (Å²) in [6.45, 7) is 3.20. The van der Waals surface area contributed by atoms with E-state index in [9.17, 15) is 28.8 Å². The fourth-order valence-electron chi connectivity index (χ4n) is 4.43. The van der Waals surface area contributed by atoms with Gasteiger partial charge in [0.2, 0.25) is 0 Å². The number of nitrogens with zero attached hydrogens (tertiary/aromatic N) is 3. The second-order valence-electron chi connectivity index (χ2n) is 9.36. The number of hydrogen-bond acceptors (Lipinski definition) is 8. The number of rotatable bonds is 10.